The van der Waals surface area contributed by atoms with E-state index < -0.39 is 63.0 Å². The minimum absolute atomic E-state index is 0. The Morgan fingerprint density at radius 1 is 1.07 bits per heavy atom. The van der Waals surface area contributed by atoms with Crippen LogP contribution in [-0.4, -0.2) is 80.1 Å². The van der Waals surface area contributed by atoms with Crippen LogP contribution < -0.4 is 24.8 Å². The number of nitrogens with zero attached hydrogens (tertiary/aromatic N) is 3. The molecular weight excluding hydrogens is 641 g/mol. The molecule has 1 aliphatic heterocycles. The van der Waals surface area contributed by atoms with Gasteiger partial charge in [0, 0.05) is 18.3 Å². The van der Waals surface area contributed by atoms with Crippen LogP contribution in [0.5, 0.6) is 11.6 Å². The summed E-state index contributed by atoms with van der Waals surface area (Å²) in [6.45, 7) is 1.51. The molecule has 0 unspecified atom stereocenters. The Labute approximate surface area is 254 Å². The molecule has 0 bridgehead atoms. The van der Waals surface area contributed by atoms with Gasteiger partial charge in [-0.3, -0.25) is 4.79 Å². The van der Waals surface area contributed by atoms with Crippen LogP contribution in [0.2, 0.25) is 0 Å². The molecule has 1 saturated carbocycles. The number of rotatable bonds is 9. The fourth-order valence-electron chi connectivity index (χ4n) is 4.85. The molecule has 0 radical (unpaired) electrons. The number of hydrogen-bond donors (Lipinski definition) is 3. The van der Waals surface area contributed by atoms with E-state index in [0.29, 0.717) is 19.0 Å². The van der Waals surface area contributed by atoms with Gasteiger partial charge in [-0.05, 0) is 58.3 Å². The molecule has 11 nitrogen and oxygen atoms in total. The average Bonchev–Trinajstić information content (AvgIpc) is 3.34. The van der Waals surface area contributed by atoms with E-state index in [0.717, 1.165) is 25.2 Å². The quantitative estimate of drug-likeness (QED) is 0.327. The SMILES string of the molecule is C.COc1cc(C(=O)NC2CCN(C)CC2)c(F)cc1Nc1ncc(C(F)(F)F)c(O[C@@H]2CCC[C@H]2NS(=O)(=O)C(F)(F)F)n1. The summed E-state index contributed by atoms with van der Waals surface area (Å²) < 4.78 is 130. The molecule has 2 fully saturated rings. The average molecular weight is 675 g/mol. The van der Waals surface area contributed by atoms with Crippen LogP contribution in [-0.2, 0) is 16.2 Å². The molecule has 2 aromatic rings. The lowest BCUT2D eigenvalue weighted by Crippen LogP contribution is -2.47. The van der Waals surface area contributed by atoms with E-state index >= 15 is 4.39 Å². The molecule has 1 saturated heterocycles. The van der Waals surface area contributed by atoms with Crippen molar-refractivity contribution < 1.29 is 53.4 Å². The molecule has 2 atom stereocenters. The van der Waals surface area contributed by atoms with Crippen molar-refractivity contribution in [3.63, 3.8) is 0 Å². The van der Waals surface area contributed by atoms with E-state index in [1.807, 2.05) is 7.05 Å². The number of amides is 1. The van der Waals surface area contributed by atoms with Crippen LogP contribution in [0.1, 0.15) is 55.5 Å². The molecule has 1 amide bonds. The normalized spacial score (nSPS) is 19.9. The summed E-state index contributed by atoms with van der Waals surface area (Å²) in [5, 5.41) is 5.27. The Kier molecular flexibility index (Phi) is 11.1. The van der Waals surface area contributed by atoms with Gasteiger partial charge in [0.2, 0.25) is 11.8 Å². The summed E-state index contributed by atoms with van der Waals surface area (Å²) in [7, 11) is -2.65. The molecule has 4 rings (SSSR count). The van der Waals surface area contributed by atoms with E-state index in [9.17, 15) is 39.6 Å². The zero-order chi connectivity index (χ0) is 32.4. The van der Waals surface area contributed by atoms with Gasteiger partial charge in [0.15, 0.2) is 0 Å². The van der Waals surface area contributed by atoms with Crippen molar-refractivity contribution in [3.8, 4) is 11.6 Å². The number of alkyl halides is 6. The Bertz CT molecular complexity index is 1470. The summed E-state index contributed by atoms with van der Waals surface area (Å²) in [6.07, 6.45) is -4.84. The number of halogens is 7. The largest absolute Gasteiger partial charge is 0.511 e. The zero-order valence-electron chi connectivity index (χ0n) is 23.4. The number of nitrogens with one attached hydrogen (secondary N) is 3. The number of carbonyl (C=O) groups excluding carboxylic acids is 1. The van der Waals surface area contributed by atoms with Crippen LogP contribution in [0.15, 0.2) is 18.3 Å². The van der Waals surface area contributed by atoms with E-state index in [1.54, 1.807) is 0 Å². The highest BCUT2D eigenvalue weighted by molar-refractivity contribution is 7.90. The highest BCUT2D eigenvalue weighted by Crippen LogP contribution is 2.38. The Hall–Kier alpha value is -3.45. The number of carbonyl (C=O) groups is 1. The predicted molar refractivity (Wildman–Crippen MR) is 148 cm³/mol. The lowest BCUT2D eigenvalue weighted by molar-refractivity contribution is -0.140. The zero-order valence-corrected chi connectivity index (χ0v) is 24.2. The van der Waals surface area contributed by atoms with Gasteiger partial charge in [0.05, 0.1) is 24.4 Å². The number of benzene rings is 1. The number of aromatic nitrogens is 2. The maximum atomic E-state index is 15.1. The third-order valence-corrected chi connectivity index (χ3v) is 8.44. The lowest BCUT2D eigenvalue weighted by atomic mass is 10.0. The first-order valence-corrected chi connectivity index (χ1v) is 14.8. The first-order valence-electron chi connectivity index (χ1n) is 13.3. The number of piperidine rings is 1. The van der Waals surface area contributed by atoms with Gasteiger partial charge in [0.25, 0.3) is 5.91 Å². The van der Waals surface area contributed by atoms with Crippen molar-refractivity contribution in [2.75, 3.05) is 32.6 Å². The summed E-state index contributed by atoms with van der Waals surface area (Å²) in [4.78, 5) is 22.1. The first kappa shape index (κ1) is 36.0. The Balaban J connectivity index is 0.00000552. The van der Waals surface area contributed by atoms with Crippen LogP contribution >= 0.6 is 0 Å². The third-order valence-electron chi connectivity index (χ3n) is 7.22. The summed E-state index contributed by atoms with van der Waals surface area (Å²) in [5.74, 6) is -3.38. The monoisotopic (exact) mass is 674 g/mol. The first-order chi connectivity index (χ1) is 20.5. The number of ether oxygens (including phenoxy) is 2. The fraction of sp³-hybridized carbons (Fsp3) is 0.577. The molecule has 2 aliphatic rings. The van der Waals surface area contributed by atoms with Crippen LogP contribution in [0.25, 0.3) is 0 Å². The maximum Gasteiger partial charge on any atom is 0.511 e. The molecular formula is C26H33F7N6O5S. The fourth-order valence-corrected chi connectivity index (χ4v) is 5.65. The molecule has 1 aromatic carbocycles. The van der Waals surface area contributed by atoms with Gasteiger partial charge in [-0.2, -0.15) is 31.3 Å². The molecule has 0 spiro atoms. The van der Waals surface area contributed by atoms with Crippen LogP contribution in [0.4, 0.5) is 42.4 Å². The van der Waals surface area contributed by atoms with Crippen LogP contribution in [0.3, 0.4) is 0 Å². The smallest absolute Gasteiger partial charge is 0.495 e. The molecule has 3 N–H and O–H groups in total. The minimum atomic E-state index is -5.80. The maximum absolute atomic E-state index is 15.1. The highest BCUT2D eigenvalue weighted by atomic mass is 32.2. The van der Waals surface area contributed by atoms with Gasteiger partial charge in [-0.15, -0.1) is 0 Å². The highest BCUT2D eigenvalue weighted by Gasteiger charge is 2.49. The second-order valence-electron chi connectivity index (χ2n) is 10.4. The van der Waals surface area contributed by atoms with Crippen molar-refractivity contribution in [3.05, 3.63) is 35.3 Å². The standard InChI is InChI=1S/C25H29F7N6O5S.CH4/c1-38-8-6-13(7-9-38)34-21(39)14-10-20(42-2)18(11-16(14)26)35-23-33-12-15(24(27,28)29)22(36-23)43-19-5-3-4-17(19)37-44(40,41)25(30,31)32;/h10-13,17,19,37H,3-9H2,1-2H3,(H,34,39)(H,33,35,36);1H4/t17-,19-;/m1./s1. The summed E-state index contributed by atoms with van der Waals surface area (Å²) in [6, 6.07) is 0.308. The second-order valence-corrected chi connectivity index (χ2v) is 12.1. The molecule has 252 valence electrons. The van der Waals surface area contributed by atoms with Crippen molar-refractivity contribution >= 4 is 27.6 Å². The summed E-state index contributed by atoms with van der Waals surface area (Å²) in [5.41, 5.74) is -7.62. The van der Waals surface area contributed by atoms with Crippen molar-refractivity contribution in [2.45, 2.75) is 69.4 Å². The van der Waals surface area contributed by atoms with E-state index in [-0.39, 0.29) is 49.7 Å². The Morgan fingerprint density at radius 2 is 1.73 bits per heavy atom. The number of sulfonamides is 1. The lowest BCUT2D eigenvalue weighted by Gasteiger charge is -2.29. The minimum Gasteiger partial charge on any atom is -0.495 e. The predicted octanol–water partition coefficient (Wildman–Crippen LogP) is 4.59. The number of methoxy groups -OCH3 is 1. The molecule has 1 aliphatic carbocycles. The number of likely N-dealkylation sites (tertiary alicyclic amines) is 1. The van der Waals surface area contributed by atoms with E-state index in [2.05, 4.69) is 25.5 Å². The number of anilines is 2. The summed E-state index contributed by atoms with van der Waals surface area (Å²) >= 11 is 0. The topological polar surface area (TPSA) is 135 Å². The van der Waals surface area contributed by atoms with Gasteiger partial charge in [-0.1, -0.05) is 7.43 Å². The molecule has 2 heterocycles. The molecule has 1 aromatic heterocycles. The van der Waals surface area contributed by atoms with Gasteiger partial charge >= 0.3 is 21.7 Å². The van der Waals surface area contributed by atoms with Crippen molar-refractivity contribution in [1.82, 2.24) is 24.9 Å². The number of hydrogen-bond acceptors (Lipinski definition) is 9. The van der Waals surface area contributed by atoms with E-state index in [4.69, 9.17) is 9.47 Å². The second kappa shape index (κ2) is 13.9. The molecule has 45 heavy (non-hydrogen) atoms. The van der Waals surface area contributed by atoms with E-state index in [1.165, 1.54) is 11.8 Å². The Morgan fingerprint density at radius 3 is 2.33 bits per heavy atom. The third kappa shape index (κ3) is 8.63. The van der Waals surface area contributed by atoms with Gasteiger partial charge in [0.1, 0.15) is 23.2 Å². The van der Waals surface area contributed by atoms with Crippen molar-refractivity contribution in [2.24, 2.45) is 0 Å². The van der Waals surface area contributed by atoms with Gasteiger partial charge < -0.3 is 25.0 Å². The van der Waals surface area contributed by atoms with Crippen LogP contribution in [0, 0.1) is 5.82 Å². The molecule has 19 heteroatoms. The van der Waals surface area contributed by atoms with Gasteiger partial charge in [-0.25, -0.2) is 22.5 Å². The van der Waals surface area contributed by atoms with Crippen molar-refractivity contribution in [1.29, 1.82) is 0 Å².